The van der Waals surface area contributed by atoms with Crippen LogP contribution >= 0.6 is 31.9 Å². The molecule has 0 radical (unpaired) electrons. The summed E-state index contributed by atoms with van der Waals surface area (Å²) < 4.78 is 2.99. The molecular weight excluding hydrogens is 350 g/mol. The molecule has 0 aliphatic rings. The van der Waals surface area contributed by atoms with Gasteiger partial charge in [0.25, 0.3) is 0 Å². The highest BCUT2D eigenvalue weighted by atomic mass is 79.9. The number of carbonyl (C=O) groups is 1. The van der Waals surface area contributed by atoms with E-state index in [2.05, 4.69) is 37.0 Å². The van der Waals surface area contributed by atoms with E-state index in [0.29, 0.717) is 21.4 Å². The van der Waals surface area contributed by atoms with Crippen molar-refractivity contribution < 1.29 is 4.79 Å². The number of nitrogen functional groups attached to an aromatic ring is 1. The quantitative estimate of drug-likeness (QED) is 0.663. The summed E-state index contributed by atoms with van der Waals surface area (Å²) in [6, 6.07) is 5.20. The second kappa shape index (κ2) is 4.62. The molecule has 0 amide bonds. The minimum absolute atomic E-state index is 0.157. The number of aryl methyl sites for hydroxylation is 1. The van der Waals surface area contributed by atoms with E-state index in [1.807, 2.05) is 0 Å². The number of ketones is 1. The second-order valence-electron chi connectivity index (χ2n) is 3.53. The zero-order valence-corrected chi connectivity index (χ0v) is 12.1. The molecule has 1 aromatic heterocycles. The van der Waals surface area contributed by atoms with Crippen molar-refractivity contribution in [2.24, 2.45) is 7.05 Å². The van der Waals surface area contributed by atoms with Gasteiger partial charge in [0.2, 0.25) is 5.78 Å². The van der Waals surface area contributed by atoms with Gasteiger partial charge in [0.15, 0.2) is 0 Å². The summed E-state index contributed by atoms with van der Waals surface area (Å²) in [6.45, 7) is 0. The average molecular weight is 359 g/mol. The van der Waals surface area contributed by atoms with Gasteiger partial charge < -0.3 is 5.73 Å². The molecule has 88 valence electrons. The molecule has 0 atom stereocenters. The third-order valence-electron chi connectivity index (χ3n) is 2.37. The molecular formula is C11H9Br2N3O. The average Bonchev–Trinajstić information content (AvgIpc) is 2.61. The first-order valence-electron chi connectivity index (χ1n) is 4.78. The Morgan fingerprint density at radius 1 is 1.41 bits per heavy atom. The lowest BCUT2D eigenvalue weighted by atomic mass is 10.1. The molecule has 1 aromatic carbocycles. The van der Waals surface area contributed by atoms with E-state index in [0.717, 1.165) is 4.47 Å². The van der Waals surface area contributed by atoms with Crippen LogP contribution in [0.3, 0.4) is 0 Å². The first kappa shape index (κ1) is 12.3. The minimum Gasteiger partial charge on any atom is -0.398 e. The van der Waals surface area contributed by atoms with Crippen LogP contribution in [0.4, 0.5) is 5.69 Å². The van der Waals surface area contributed by atoms with Crippen LogP contribution in [0.15, 0.2) is 33.3 Å². The number of benzene rings is 1. The number of halogens is 2. The van der Waals surface area contributed by atoms with Crippen LogP contribution in [-0.4, -0.2) is 15.6 Å². The van der Waals surface area contributed by atoms with Gasteiger partial charge in [0.05, 0.1) is 10.7 Å². The molecule has 1 heterocycles. The number of anilines is 1. The summed E-state index contributed by atoms with van der Waals surface area (Å²) in [6.07, 6.45) is 1.58. The first-order chi connectivity index (χ1) is 8.00. The van der Waals surface area contributed by atoms with Crippen molar-refractivity contribution in [2.45, 2.75) is 0 Å². The van der Waals surface area contributed by atoms with E-state index in [1.165, 1.54) is 4.68 Å². The molecule has 0 spiro atoms. The van der Waals surface area contributed by atoms with Crippen LogP contribution in [0.1, 0.15) is 16.1 Å². The number of aromatic nitrogens is 2. The molecule has 0 unspecified atom stereocenters. The third kappa shape index (κ3) is 2.28. The summed E-state index contributed by atoms with van der Waals surface area (Å²) >= 11 is 6.62. The van der Waals surface area contributed by atoms with Crippen molar-refractivity contribution >= 4 is 43.3 Å². The molecule has 2 N–H and O–H groups in total. The van der Waals surface area contributed by atoms with Gasteiger partial charge in [-0.25, -0.2) is 0 Å². The first-order valence-corrected chi connectivity index (χ1v) is 6.36. The lowest BCUT2D eigenvalue weighted by molar-refractivity contribution is 0.103. The molecule has 0 saturated heterocycles. The van der Waals surface area contributed by atoms with E-state index in [-0.39, 0.29) is 5.78 Å². The number of nitrogens with zero attached hydrogens (tertiary/aromatic N) is 2. The van der Waals surface area contributed by atoms with Crippen LogP contribution in [0.25, 0.3) is 0 Å². The van der Waals surface area contributed by atoms with E-state index >= 15 is 0 Å². The molecule has 17 heavy (non-hydrogen) atoms. The highest BCUT2D eigenvalue weighted by Gasteiger charge is 2.19. The topological polar surface area (TPSA) is 60.9 Å². The summed E-state index contributed by atoms with van der Waals surface area (Å²) in [5, 5.41) is 4.01. The van der Waals surface area contributed by atoms with Crippen LogP contribution in [0, 0.1) is 0 Å². The molecule has 0 bridgehead atoms. The van der Waals surface area contributed by atoms with Gasteiger partial charge in [0, 0.05) is 22.8 Å². The molecule has 0 saturated carbocycles. The van der Waals surface area contributed by atoms with E-state index < -0.39 is 0 Å². The maximum absolute atomic E-state index is 12.3. The Labute approximate surface area is 115 Å². The Kier molecular flexibility index (Phi) is 3.35. The fourth-order valence-corrected chi connectivity index (χ4v) is 2.41. The maximum atomic E-state index is 12.3. The standard InChI is InChI=1S/C11H9Br2N3O/c1-16-10(8(13)5-15-16)11(17)7-4-6(12)2-3-9(7)14/h2-5H,14H2,1H3. The molecule has 2 rings (SSSR count). The Bertz CT molecular complexity index is 573. The van der Waals surface area contributed by atoms with Crippen molar-refractivity contribution in [2.75, 3.05) is 5.73 Å². The summed E-state index contributed by atoms with van der Waals surface area (Å²) in [5.74, 6) is -0.157. The van der Waals surface area contributed by atoms with Crippen molar-refractivity contribution in [1.29, 1.82) is 0 Å². The van der Waals surface area contributed by atoms with Crippen molar-refractivity contribution in [1.82, 2.24) is 9.78 Å². The Hall–Kier alpha value is -1.14. The van der Waals surface area contributed by atoms with Crippen molar-refractivity contribution in [3.8, 4) is 0 Å². The lowest BCUT2D eigenvalue weighted by Gasteiger charge is -2.06. The summed E-state index contributed by atoms with van der Waals surface area (Å²) in [5.41, 5.74) is 7.20. The lowest BCUT2D eigenvalue weighted by Crippen LogP contribution is -2.11. The number of hydrogen-bond acceptors (Lipinski definition) is 3. The van der Waals surface area contributed by atoms with E-state index in [1.54, 1.807) is 31.4 Å². The van der Waals surface area contributed by atoms with Crippen molar-refractivity contribution in [3.05, 3.63) is 44.6 Å². The smallest absolute Gasteiger partial charge is 0.214 e. The highest BCUT2D eigenvalue weighted by molar-refractivity contribution is 9.10. The number of nitrogens with two attached hydrogens (primary N) is 1. The number of hydrogen-bond donors (Lipinski definition) is 1. The van der Waals surface area contributed by atoms with Gasteiger partial charge in [-0.3, -0.25) is 9.48 Å². The van der Waals surface area contributed by atoms with Crippen LogP contribution in [0.2, 0.25) is 0 Å². The summed E-state index contributed by atoms with van der Waals surface area (Å²) in [7, 11) is 1.71. The van der Waals surface area contributed by atoms with Gasteiger partial charge in [-0.1, -0.05) is 15.9 Å². The fraction of sp³-hybridized carbons (Fsp3) is 0.0909. The number of carbonyl (C=O) groups excluding carboxylic acids is 1. The van der Waals surface area contributed by atoms with Gasteiger partial charge in [0.1, 0.15) is 5.69 Å². The monoisotopic (exact) mass is 357 g/mol. The molecule has 0 aliphatic carbocycles. The maximum Gasteiger partial charge on any atom is 0.214 e. The second-order valence-corrected chi connectivity index (χ2v) is 5.30. The molecule has 2 aromatic rings. The van der Waals surface area contributed by atoms with E-state index in [9.17, 15) is 4.79 Å². The molecule has 0 aliphatic heterocycles. The van der Waals surface area contributed by atoms with Gasteiger partial charge >= 0.3 is 0 Å². The van der Waals surface area contributed by atoms with Crippen LogP contribution in [-0.2, 0) is 7.05 Å². The zero-order valence-electron chi connectivity index (χ0n) is 8.95. The van der Waals surface area contributed by atoms with Crippen molar-refractivity contribution in [3.63, 3.8) is 0 Å². The number of rotatable bonds is 2. The third-order valence-corrected chi connectivity index (χ3v) is 3.44. The predicted octanol–water partition coefficient (Wildman–Crippen LogP) is 2.76. The van der Waals surface area contributed by atoms with Crippen LogP contribution < -0.4 is 5.73 Å². The largest absolute Gasteiger partial charge is 0.398 e. The predicted molar refractivity (Wildman–Crippen MR) is 72.9 cm³/mol. The Morgan fingerprint density at radius 2 is 2.12 bits per heavy atom. The minimum atomic E-state index is -0.157. The highest BCUT2D eigenvalue weighted by Crippen LogP contribution is 2.24. The Balaban J connectivity index is 2.55. The SMILES string of the molecule is Cn1ncc(Br)c1C(=O)c1cc(Br)ccc1N. The Morgan fingerprint density at radius 3 is 2.71 bits per heavy atom. The van der Waals surface area contributed by atoms with E-state index in [4.69, 9.17) is 5.73 Å². The molecule has 4 nitrogen and oxygen atoms in total. The summed E-state index contributed by atoms with van der Waals surface area (Å²) in [4.78, 5) is 12.3. The van der Waals surface area contributed by atoms with Crippen LogP contribution in [0.5, 0.6) is 0 Å². The van der Waals surface area contributed by atoms with Gasteiger partial charge in [-0.2, -0.15) is 5.10 Å². The van der Waals surface area contributed by atoms with Gasteiger partial charge in [-0.15, -0.1) is 0 Å². The zero-order chi connectivity index (χ0) is 12.6. The molecule has 0 fully saturated rings. The fourth-order valence-electron chi connectivity index (χ4n) is 1.52. The normalized spacial score (nSPS) is 10.5. The van der Waals surface area contributed by atoms with Gasteiger partial charge in [-0.05, 0) is 34.1 Å². The molecule has 6 heteroatoms.